The van der Waals surface area contributed by atoms with Crippen LogP contribution >= 0.6 is 0 Å². The first kappa shape index (κ1) is 25.4. The third kappa shape index (κ3) is 7.98. The Labute approximate surface area is 191 Å². The van der Waals surface area contributed by atoms with Gasteiger partial charge in [-0.25, -0.2) is 4.39 Å². The van der Waals surface area contributed by atoms with Crippen LogP contribution in [0.5, 0.6) is 5.75 Å². The topological polar surface area (TPSA) is 58.6 Å². The summed E-state index contributed by atoms with van der Waals surface area (Å²) in [6.07, 6.45) is 2.11. The third-order valence-corrected chi connectivity index (χ3v) is 5.48. The van der Waals surface area contributed by atoms with Crippen LogP contribution in [0.15, 0.2) is 48.5 Å². The number of nitrogens with one attached hydrogen (secondary N) is 1. The quantitative estimate of drug-likeness (QED) is 0.470. The SMILES string of the molecule is CC[C@H](C)NC(=O)[C@H](CC)N(Cc1ccc(F)cc1)C(=O)CCCOc1ccc(C)cc1. The van der Waals surface area contributed by atoms with Gasteiger partial charge in [-0.1, -0.05) is 43.7 Å². The fraction of sp³-hybridized carbons (Fsp3) is 0.462. The van der Waals surface area contributed by atoms with E-state index in [9.17, 15) is 14.0 Å². The van der Waals surface area contributed by atoms with Gasteiger partial charge in [-0.05, 0) is 62.9 Å². The minimum absolute atomic E-state index is 0.0298. The second kappa shape index (κ2) is 12.8. The average Bonchev–Trinajstić information content (AvgIpc) is 2.78. The van der Waals surface area contributed by atoms with E-state index < -0.39 is 6.04 Å². The number of rotatable bonds is 12. The highest BCUT2D eigenvalue weighted by atomic mass is 19.1. The van der Waals surface area contributed by atoms with Gasteiger partial charge in [0.05, 0.1) is 6.61 Å². The maximum absolute atomic E-state index is 13.3. The van der Waals surface area contributed by atoms with Crippen LogP contribution in [0.25, 0.3) is 0 Å². The van der Waals surface area contributed by atoms with Crippen molar-refractivity contribution in [3.05, 3.63) is 65.5 Å². The molecule has 32 heavy (non-hydrogen) atoms. The average molecular weight is 443 g/mol. The van der Waals surface area contributed by atoms with Crippen LogP contribution in [0, 0.1) is 12.7 Å². The molecule has 0 aliphatic heterocycles. The molecular weight excluding hydrogens is 407 g/mol. The molecule has 0 saturated heterocycles. The molecule has 2 aromatic carbocycles. The van der Waals surface area contributed by atoms with E-state index in [2.05, 4.69) is 5.32 Å². The minimum Gasteiger partial charge on any atom is -0.494 e. The van der Waals surface area contributed by atoms with Gasteiger partial charge >= 0.3 is 0 Å². The summed E-state index contributed by atoms with van der Waals surface area (Å²) in [6.45, 7) is 8.52. The number of amides is 2. The molecule has 174 valence electrons. The number of hydrogen-bond acceptors (Lipinski definition) is 3. The van der Waals surface area contributed by atoms with Crippen LogP contribution in [0.1, 0.15) is 57.6 Å². The number of ether oxygens (including phenoxy) is 1. The van der Waals surface area contributed by atoms with Crippen LogP contribution in [0.4, 0.5) is 4.39 Å². The molecule has 6 heteroatoms. The lowest BCUT2D eigenvalue weighted by molar-refractivity contribution is -0.141. The molecule has 0 bridgehead atoms. The maximum atomic E-state index is 13.3. The molecule has 0 spiro atoms. The third-order valence-electron chi connectivity index (χ3n) is 5.48. The Kier molecular flexibility index (Phi) is 10.2. The number of benzene rings is 2. The van der Waals surface area contributed by atoms with E-state index in [1.165, 1.54) is 12.1 Å². The van der Waals surface area contributed by atoms with Crippen molar-refractivity contribution in [3.63, 3.8) is 0 Å². The number of carbonyl (C=O) groups is 2. The largest absolute Gasteiger partial charge is 0.494 e. The molecule has 0 unspecified atom stereocenters. The Hall–Kier alpha value is -2.89. The van der Waals surface area contributed by atoms with Gasteiger partial charge in [0.2, 0.25) is 11.8 Å². The van der Waals surface area contributed by atoms with Crippen molar-refractivity contribution in [1.29, 1.82) is 0 Å². The summed E-state index contributed by atoms with van der Waals surface area (Å²) in [5, 5.41) is 2.99. The number of aryl methyl sites for hydroxylation is 1. The van der Waals surface area contributed by atoms with Gasteiger partial charge in [0.1, 0.15) is 17.6 Å². The van der Waals surface area contributed by atoms with Gasteiger partial charge in [0, 0.05) is 19.0 Å². The summed E-state index contributed by atoms with van der Waals surface area (Å²) in [6, 6.07) is 13.3. The van der Waals surface area contributed by atoms with E-state index >= 15 is 0 Å². The van der Waals surface area contributed by atoms with Crippen molar-refractivity contribution in [2.45, 2.75) is 72.0 Å². The maximum Gasteiger partial charge on any atom is 0.243 e. The highest BCUT2D eigenvalue weighted by molar-refractivity contribution is 5.87. The number of carbonyl (C=O) groups excluding carboxylic acids is 2. The molecule has 0 saturated carbocycles. The van der Waals surface area contributed by atoms with Gasteiger partial charge in [-0.15, -0.1) is 0 Å². The van der Waals surface area contributed by atoms with Crippen molar-refractivity contribution in [2.75, 3.05) is 6.61 Å². The molecular formula is C26H35FN2O3. The molecule has 0 fully saturated rings. The van der Waals surface area contributed by atoms with Crippen LogP contribution in [-0.4, -0.2) is 35.4 Å². The minimum atomic E-state index is -0.584. The second-order valence-electron chi connectivity index (χ2n) is 8.16. The summed E-state index contributed by atoms with van der Waals surface area (Å²) in [5.41, 5.74) is 1.94. The molecule has 0 heterocycles. The summed E-state index contributed by atoms with van der Waals surface area (Å²) < 4.78 is 19.1. The zero-order valence-electron chi connectivity index (χ0n) is 19.6. The first-order valence-electron chi connectivity index (χ1n) is 11.4. The Morgan fingerprint density at radius 3 is 2.28 bits per heavy atom. The lowest BCUT2D eigenvalue weighted by atomic mass is 10.1. The molecule has 0 aliphatic carbocycles. The van der Waals surface area contributed by atoms with Gasteiger partial charge in [0.25, 0.3) is 0 Å². The standard InChI is InChI=1S/C26H35FN2O3/c1-5-20(4)28-26(31)24(6-2)29(18-21-11-13-22(27)14-12-21)25(30)8-7-17-32-23-15-9-19(3)10-16-23/h9-16,20,24H,5-8,17-18H2,1-4H3,(H,28,31)/t20-,24-/m0/s1. The zero-order chi connectivity index (χ0) is 23.5. The van der Waals surface area contributed by atoms with Crippen molar-refractivity contribution in [2.24, 2.45) is 0 Å². The van der Waals surface area contributed by atoms with E-state index in [1.54, 1.807) is 17.0 Å². The van der Waals surface area contributed by atoms with Gasteiger partial charge in [-0.3, -0.25) is 9.59 Å². The van der Waals surface area contributed by atoms with Gasteiger partial charge in [0.15, 0.2) is 0 Å². The molecule has 0 aromatic heterocycles. The molecule has 2 aromatic rings. The monoisotopic (exact) mass is 442 g/mol. The lowest BCUT2D eigenvalue weighted by Gasteiger charge is -2.31. The fourth-order valence-electron chi connectivity index (χ4n) is 3.34. The highest BCUT2D eigenvalue weighted by Crippen LogP contribution is 2.16. The normalized spacial score (nSPS) is 12.7. The predicted molar refractivity (Wildman–Crippen MR) is 125 cm³/mol. The fourth-order valence-corrected chi connectivity index (χ4v) is 3.34. The Morgan fingerprint density at radius 1 is 1.03 bits per heavy atom. The van der Waals surface area contributed by atoms with Gasteiger partial charge < -0.3 is 15.0 Å². The Balaban J connectivity index is 2.05. The molecule has 0 aliphatic rings. The molecule has 2 rings (SSSR count). The van der Waals surface area contributed by atoms with Crippen LogP contribution < -0.4 is 10.1 Å². The van der Waals surface area contributed by atoms with E-state index in [-0.39, 0.29) is 36.6 Å². The predicted octanol–water partition coefficient (Wildman–Crippen LogP) is 5.02. The first-order valence-corrected chi connectivity index (χ1v) is 11.4. The molecule has 2 amide bonds. The van der Waals surface area contributed by atoms with E-state index in [0.29, 0.717) is 19.4 Å². The zero-order valence-corrected chi connectivity index (χ0v) is 19.6. The smallest absolute Gasteiger partial charge is 0.243 e. The van der Waals surface area contributed by atoms with E-state index in [0.717, 1.165) is 23.3 Å². The Morgan fingerprint density at radius 2 is 1.69 bits per heavy atom. The number of hydrogen-bond donors (Lipinski definition) is 1. The molecule has 5 nitrogen and oxygen atoms in total. The van der Waals surface area contributed by atoms with Crippen molar-refractivity contribution in [3.8, 4) is 5.75 Å². The number of nitrogens with zero attached hydrogens (tertiary/aromatic N) is 1. The highest BCUT2D eigenvalue weighted by Gasteiger charge is 2.28. The van der Waals surface area contributed by atoms with Crippen LogP contribution in [0.2, 0.25) is 0 Å². The van der Waals surface area contributed by atoms with Crippen LogP contribution in [0.3, 0.4) is 0 Å². The van der Waals surface area contributed by atoms with Crippen molar-refractivity contribution < 1.29 is 18.7 Å². The summed E-state index contributed by atoms with van der Waals surface area (Å²) in [4.78, 5) is 27.6. The number of halogens is 1. The second-order valence-corrected chi connectivity index (χ2v) is 8.16. The van der Waals surface area contributed by atoms with Crippen LogP contribution in [-0.2, 0) is 16.1 Å². The summed E-state index contributed by atoms with van der Waals surface area (Å²) in [5.74, 6) is 0.160. The van der Waals surface area contributed by atoms with Crippen molar-refractivity contribution in [1.82, 2.24) is 10.2 Å². The first-order chi connectivity index (χ1) is 15.3. The lowest BCUT2D eigenvalue weighted by Crippen LogP contribution is -2.50. The van der Waals surface area contributed by atoms with Gasteiger partial charge in [-0.2, -0.15) is 0 Å². The molecule has 0 radical (unpaired) electrons. The van der Waals surface area contributed by atoms with E-state index in [4.69, 9.17) is 4.74 Å². The Bertz CT molecular complexity index is 852. The van der Waals surface area contributed by atoms with E-state index in [1.807, 2.05) is 52.0 Å². The molecule has 1 N–H and O–H groups in total. The molecule has 2 atom stereocenters. The summed E-state index contributed by atoms with van der Waals surface area (Å²) in [7, 11) is 0. The van der Waals surface area contributed by atoms with Crippen molar-refractivity contribution >= 4 is 11.8 Å². The summed E-state index contributed by atoms with van der Waals surface area (Å²) >= 11 is 0.